The summed E-state index contributed by atoms with van der Waals surface area (Å²) < 4.78 is 0. The van der Waals surface area contributed by atoms with Gasteiger partial charge in [-0.2, -0.15) is 0 Å². The van der Waals surface area contributed by atoms with E-state index in [4.69, 9.17) is 16.6 Å². The maximum atomic E-state index is 6.13. The Balaban J connectivity index is 1.74. The fourth-order valence-electron chi connectivity index (χ4n) is 2.70. The maximum Gasteiger partial charge on any atom is 0.133 e. The average molecular weight is 281 g/mol. The van der Waals surface area contributed by atoms with Crippen molar-refractivity contribution in [2.24, 2.45) is 0 Å². The lowest BCUT2D eigenvalue weighted by atomic mass is 10.1. The SMILES string of the molecule is CN1CCN(C)C(Cc2nc(Cl)cc(C3CC3)n2)C1. The summed E-state index contributed by atoms with van der Waals surface area (Å²) >= 11 is 6.13. The van der Waals surface area contributed by atoms with E-state index in [2.05, 4.69) is 28.9 Å². The molecule has 1 unspecified atom stereocenters. The van der Waals surface area contributed by atoms with Crippen molar-refractivity contribution in [1.29, 1.82) is 0 Å². The molecule has 1 atom stereocenters. The van der Waals surface area contributed by atoms with Crippen LogP contribution >= 0.6 is 11.6 Å². The summed E-state index contributed by atoms with van der Waals surface area (Å²) in [5.41, 5.74) is 1.14. The highest BCUT2D eigenvalue weighted by molar-refractivity contribution is 6.29. The summed E-state index contributed by atoms with van der Waals surface area (Å²) in [5.74, 6) is 1.53. The molecule has 2 fully saturated rings. The molecule has 0 radical (unpaired) electrons. The van der Waals surface area contributed by atoms with E-state index in [1.165, 1.54) is 12.8 Å². The average Bonchev–Trinajstić information content (AvgIpc) is 3.17. The normalized spacial score (nSPS) is 25.7. The van der Waals surface area contributed by atoms with Crippen LogP contribution in [0.2, 0.25) is 5.15 Å². The van der Waals surface area contributed by atoms with Gasteiger partial charge in [0.25, 0.3) is 0 Å². The number of piperazine rings is 1. The largest absolute Gasteiger partial charge is 0.304 e. The fourth-order valence-corrected chi connectivity index (χ4v) is 2.91. The second-order valence-corrected chi connectivity index (χ2v) is 6.29. The van der Waals surface area contributed by atoms with Crippen molar-refractivity contribution in [2.45, 2.75) is 31.2 Å². The Morgan fingerprint density at radius 3 is 2.79 bits per heavy atom. The monoisotopic (exact) mass is 280 g/mol. The van der Waals surface area contributed by atoms with Crippen LogP contribution in [0.4, 0.5) is 0 Å². The van der Waals surface area contributed by atoms with Gasteiger partial charge in [-0.15, -0.1) is 0 Å². The third-order valence-corrected chi connectivity index (χ3v) is 4.35. The molecule has 4 nitrogen and oxygen atoms in total. The van der Waals surface area contributed by atoms with Crippen LogP contribution in [0.3, 0.4) is 0 Å². The van der Waals surface area contributed by atoms with Gasteiger partial charge in [-0.1, -0.05) is 11.6 Å². The van der Waals surface area contributed by atoms with Gasteiger partial charge in [0.05, 0.1) is 0 Å². The number of aromatic nitrogens is 2. The minimum Gasteiger partial charge on any atom is -0.304 e. The van der Waals surface area contributed by atoms with E-state index in [1.54, 1.807) is 0 Å². The van der Waals surface area contributed by atoms with E-state index in [-0.39, 0.29) is 0 Å². The number of hydrogen-bond acceptors (Lipinski definition) is 4. The quantitative estimate of drug-likeness (QED) is 0.791. The van der Waals surface area contributed by atoms with Crippen LogP contribution in [0.5, 0.6) is 0 Å². The van der Waals surface area contributed by atoms with Gasteiger partial charge in [0, 0.05) is 43.7 Å². The second-order valence-electron chi connectivity index (χ2n) is 5.91. The zero-order valence-electron chi connectivity index (χ0n) is 11.6. The van der Waals surface area contributed by atoms with E-state index >= 15 is 0 Å². The highest BCUT2D eigenvalue weighted by atomic mass is 35.5. The molecule has 1 aliphatic carbocycles. The van der Waals surface area contributed by atoms with Crippen molar-refractivity contribution in [1.82, 2.24) is 19.8 Å². The Hall–Kier alpha value is -0.710. The number of nitrogens with zero attached hydrogens (tertiary/aromatic N) is 4. The molecule has 2 heterocycles. The van der Waals surface area contributed by atoms with Crippen LogP contribution in [0.15, 0.2) is 6.07 Å². The molecule has 0 amide bonds. The summed E-state index contributed by atoms with van der Waals surface area (Å²) in [5, 5.41) is 0.596. The minimum atomic E-state index is 0.490. The summed E-state index contributed by atoms with van der Waals surface area (Å²) in [6.45, 7) is 3.32. The number of rotatable bonds is 3. The highest BCUT2D eigenvalue weighted by Crippen LogP contribution is 2.39. The summed E-state index contributed by atoms with van der Waals surface area (Å²) in [6.07, 6.45) is 3.39. The van der Waals surface area contributed by atoms with Crippen LogP contribution in [0.1, 0.15) is 30.3 Å². The van der Waals surface area contributed by atoms with Crippen LogP contribution in [-0.2, 0) is 6.42 Å². The Morgan fingerprint density at radius 2 is 2.05 bits per heavy atom. The lowest BCUT2D eigenvalue weighted by Gasteiger charge is -2.37. The van der Waals surface area contributed by atoms with Crippen molar-refractivity contribution in [3.05, 3.63) is 22.7 Å². The summed E-state index contributed by atoms with van der Waals surface area (Å²) in [7, 11) is 4.36. The van der Waals surface area contributed by atoms with Gasteiger partial charge in [-0.05, 0) is 33.0 Å². The molecule has 1 aromatic heterocycles. The molecule has 1 aliphatic heterocycles. The molecule has 3 rings (SSSR count). The Kier molecular flexibility index (Phi) is 3.74. The predicted molar refractivity (Wildman–Crippen MR) is 76.6 cm³/mol. The number of likely N-dealkylation sites (N-methyl/N-ethyl adjacent to an activating group) is 2. The van der Waals surface area contributed by atoms with Crippen LogP contribution in [0, 0.1) is 0 Å². The standard InChI is InChI=1S/C14H21ClN4/c1-18-5-6-19(2)11(9-18)7-14-16-12(10-3-4-10)8-13(15)17-14/h8,10-11H,3-7,9H2,1-2H3. The van der Waals surface area contributed by atoms with Gasteiger partial charge in [0.2, 0.25) is 0 Å². The predicted octanol–water partition coefficient (Wildman–Crippen LogP) is 1.80. The zero-order valence-corrected chi connectivity index (χ0v) is 12.4. The van der Waals surface area contributed by atoms with Gasteiger partial charge in [0.15, 0.2) is 0 Å². The molecule has 2 aliphatic rings. The van der Waals surface area contributed by atoms with E-state index in [0.717, 1.165) is 37.6 Å². The first-order valence-electron chi connectivity index (χ1n) is 7.04. The Labute approximate surface area is 119 Å². The van der Waals surface area contributed by atoms with Crippen molar-refractivity contribution in [3.63, 3.8) is 0 Å². The molecular formula is C14H21ClN4. The van der Waals surface area contributed by atoms with E-state index in [1.807, 2.05) is 6.07 Å². The first kappa shape index (κ1) is 13.3. The topological polar surface area (TPSA) is 32.3 Å². The third-order valence-electron chi connectivity index (χ3n) is 4.16. The Bertz CT molecular complexity index is 461. The first-order chi connectivity index (χ1) is 9.11. The van der Waals surface area contributed by atoms with Crippen LogP contribution in [0.25, 0.3) is 0 Å². The van der Waals surface area contributed by atoms with E-state index in [0.29, 0.717) is 17.1 Å². The molecule has 19 heavy (non-hydrogen) atoms. The molecule has 0 aromatic carbocycles. The molecule has 0 bridgehead atoms. The van der Waals surface area contributed by atoms with Gasteiger partial charge < -0.3 is 9.80 Å². The van der Waals surface area contributed by atoms with Crippen LogP contribution in [-0.4, -0.2) is 59.5 Å². The van der Waals surface area contributed by atoms with E-state index < -0.39 is 0 Å². The smallest absolute Gasteiger partial charge is 0.133 e. The lowest BCUT2D eigenvalue weighted by Crippen LogP contribution is -2.51. The van der Waals surface area contributed by atoms with Gasteiger partial charge >= 0.3 is 0 Å². The van der Waals surface area contributed by atoms with Crippen LogP contribution < -0.4 is 0 Å². The Morgan fingerprint density at radius 1 is 1.26 bits per heavy atom. The van der Waals surface area contributed by atoms with Crippen molar-refractivity contribution in [3.8, 4) is 0 Å². The third kappa shape index (κ3) is 3.25. The number of hydrogen-bond donors (Lipinski definition) is 0. The van der Waals surface area contributed by atoms with Crippen molar-refractivity contribution < 1.29 is 0 Å². The van der Waals surface area contributed by atoms with Crippen molar-refractivity contribution >= 4 is 11.6 Å². The second kappa shape index (κ2) is 5.35. The highest BCUT2D eigenvalue weighted by Gasteiger charge is 2.27. The van der Waals surface area contributed by atoms with E-state index in [9.17, 15) is 0 Å². The van der Waals surface area contributed by atoms with Gasteiger partial charge in [-0.3, -0.25) is 0 Å². The van der Waals surface area contributed by atoms with Crippen molar-refractivity contribution in [2.75, 3.05) is 33.7 Å². The molecule has 1 aromatic rings. The number of halogens is 1. The molecular weight excluding hydrogens is 260 g/mol. The molecule has 5 heteroatoms. The zero-order chi connectivity index (χ0) is 13.4. The summed E-state index contributed by atoms with van der Waals surface area (Å²) in [6, 6.07) is 2.42. The molecule has 1 saturated heterocycles. The molecule has 1 saturated carbocycles. The first-order valence-corrected chi connectivity index (χ1v) is 7.42. The molecule has 0 spiro atoms. The molecule has 0 N–H and O–H groups in total. The summed E-state index contributed by atoms with van der Waals surface area (Å²) in [4.78, 5) is 13.9. The lowest BCUT2D eigenvalue weighted by molar-refractivity contribution is 0.113. The van der Waals surface area contributed by atoms with Gasteiger partial charge in [-0.25, -0.2) is 9.97 Å². The van der Waals surface area contributed by atoms with Gasteiger partial charge in [0.1, 0.15) is 11.0 Å². The minimum absolute atomic E-state index is 0.490. The fraction of sp³-hybridized carbons (Fsp3) is 0.714. The molecule has 104 valence electrons. The maximum absolute atomic E-state index is 6.13.